The summed E-state index contributed by atoms with van der Waals surface area (Å²) in [7, 11) is 0. The number of aliphatic hydroxyl groups excluding tert-OH is 1. The van der Waals surface area contributed by atoms with Gasteiger partial charge in [-0.1, -0.05) is 48.3 Å². The Morgan fingerprint density at radius 2 is 2.03 bits per heavy atom. The van der Waals surface area contributed by atoms with Crippen LogP contribution in [0.1, 0.15) is 62.0 Å². The Morgan fingerprint density at radius 3 is 2.78 bits per heavy atom. The third kappa shape index (κ3) is 8.32. The minimum absolute atomic E-state index is 0.217. The zero-order valence-corrected chi connectivity index (χ0v) is 22.9. The molecule has 1 aliphatic heterocycles. The number of carbonyl (C=O) groups is 1. The van der Waals surface area contributed by atoms with Crippen LogP contribution in [0, 0.1) is 0 Å². The normalized spacial score (nSPS) is 18.0. The zero-order valence-electron chi connectivity index (χ0n) is 21.4. The van der Waals surface area contributed by atoms with Crippen LogP contribution in [0.15, 0.2) is 42.5 Å². The monoisotopic (exact) mass is 533 g/mol. The number of nitrogens with zero attached hydrogens (tertiary/aromatic N) is 1. The summed E-state index contributed by atoms with van der Waals surface area (Å²) in [5.41, 5.74) is 4.14. The molecule has 0 aliphatic carbocycles. The Bertz CT molecular complexity index is 1040. The molecule has 1 fully saturated rings. The number of carbonyl (C=O) groups excluding carboxylic acids is 1. The van der Waals surface area contributed by atoms with Crippen molar-refractivity contribution in [3.63, 3.8) is 0 Å². The van der Waals surface area contributed by atoms with E-state index in [4.69, 9.17) is 32.7 Å². The predicted octanol–water partition coefficient (Wildman–Crippen LogP) is 6.28. The maximum atomic E-state index is 11.7. The molecular formula is C29H37Cl2NO4. The first-order chi connectivity index (χ1) is 17.3. The minimum Gasteiger partial charge on any atom is -0.463 e. The molecule has 0 saturated carbocycles. The van der Waals surface area contributed by atoms with Crippen LogP contribution < -0.4 is 0 Å². The second-order valence-corrected chi connectivity index (χ2v) is 10.1. The molecule has 2 aromatic carbocycles. The van der Waals surface area contributed by atoms with E-state index in [9.17, 15) is 9.90 Å². The number of benzene rings is 2. The highest BCUT2D eigenvalue weighted by Crippen LogP contribution is 2.27. The first-order valence-electron chi connectivity index (χ1n) is 12.8. The van der Waals surface area contributed by atoms with Gasteiger partial charge in [0.1, 0.15) is 0 Å². The van der Waals surface area contributed by atoms with Gasteiger partial charge in [-0.05, 0) is 92.6 Å². The molecule has 3 rings (SSSR count). The molecule has 1 heterocycles. The van der Waals surface area contributed by atoms with Gasteiger partial charge < -0.3 is 14.6 Å². The summed E-state index contributed by atoms with van der Waals surface area (Å²) >= 11 is 12.5. The standard InChI is InChI=1S/C29H37Cl2NO4/c1-4-22-15-21(8-12-28(22)31)16-25-7-6-14-32(25)18-26(33)19-36-20(3)27-11-10-24(30)17-23(27)9-13-29(34)35-5-2/h8-13,15,17,20,25-26,33H,4-7,14,16,18-19H2,1-3H3/b13-9+/t20-,25+,26-/m1/s1. The van der Waals surface area contributed by atoms with Gasteiger partial charge in [0, 0.05) is 28.7 Å². The fourth-order valence-corrected chi connectivity index (χ4v) is 5.17. The summed E-state index contributed by atoms with van der Waals surface area (Å²) in [6, 6.07) is 12.2. The van der Waals surface area contributed by atoms with E-state index in [0.717, 1.165) is 48.4 Å². The van der Waals surface area contributed by atoms with Gasteiger partial charge in [-0.3, -0.25) is 4.90 Å². The molecule has 0 aromatic heterocycles. The maximum Gasteiger partial charge on any atom is 0.330 e. The fraction of sp³-hybridized carbons (Fsp3) is 0.483. The number of hydrogen-bond acceptors (Lipinski definition) is 5. The lowest BCUT2D eigenvalue weighted by molar-refractivity contribution is -0.137. The Balaban J connectivity index is 1.56. The van der Waals surface area contributed by atoms with E-state index in [-0.39, 0.29) is 12.7 Å². The number of rotatable bonds is 12. The van der Waals surface area contributed by atoms with Gasteiger partial charge in [0.05, 0.1) is 25.4 Å². The molecular weight excluding hydrogens is 497 g/mol. The molecule has 196 valence electrons. The van der Waals surface area contributed by atoms with Gasteiger partial charge in [-0.2, -0.15) is 0 Å². The Kier molecular flexibility index (Phi) is 11.3. The number of likely N-dealkylation sites (tertiary alicyclic amines) is 1. The highest BCUT2D eigenvalue weighted by Gasteiger charge is 2.27. The highest BCUT2D eigenvalue weighted by atomic mass is 35.5. The smallest absolute Gasteiger partial charge is 0.330 e. The van der Waals surface area contributed by atoms with Crippen molar-refractivity contribution in [1.29, 1.82) is 0 Å². The zero-order chi connectivity index (χ0) is 26.1. The van der Waals surface area contributed by atoms with E-state index in [0.29, 0.717) is 24.2 Å². The highest BCUT2D eigenvalue weighted by molar-refractivity contribution is 6.31. The third-order valence-electron chi connectivity index (χ3n) is 6.62. The van der Waals surface area contributed by atoms with E-state index in [1.165, 1.54) is 17.2 Å². The Labute approximate surface area is 225 Å². The fourth-order valence-electron chi connectivity index (χ4n) is 4.74. The van der Waals surface area contributed by atoms with Gasteiger partial charge in [0.2, 0.25) is 0 Å². The largest absolute Gasteiger partial charge is 0.463 e. The van der Waals surface area contributed by atoms with Crippen molar-refractivity contribution in [2.45, 2.75) is 64.7 Å². The van der Waals surface area contributed by atoms with Crippen LogP contribution in [0.3, 0.4) is 0 Å². The summed E-state index contributed by atoms with van der Waals surface area (Å²) in [5, 5.41) is 12.2. The molecule has 7 heteroatoms. The van der Waals surface area contributed by atoms with Crippen LogP contribution >= 0.6 is 23.2 Å². The number of ether oxygens (including phenoxy) is 2. The van der Waals surface area contributed by atoms with Gasteiger partial charge >= 0.3 is 5.97 Å². The van der Waals surface area contributed by atoms with Crippen LogP contribution in [0.5, 0.6) is 0 Å². The lowest BCUT2D eigenvalue weighted by atomic mass is 10.0. The lowest BCUT2D eigenvalue weighted by Crippen LogP contribution is -2.39. The molecule has 0 unspecified atom stereocenters. The van der Waals surface area contributed by atoms with E-state index in [2.05, 4.69) is 24.0 Å². The number of β-amino-alcohol motifs (C(OH)–C–C–N with tert-alkyl or cyclic N) is 1. The molecule has 36 heavy (non-hydrogen) atoms. The lowest BCUT2D eigenvalue weighted by Gasteiger charge is -2.28. The molecule has 3 atom stereocenters. The van der Waals surface area contributed by atoms with Crippen molar-refractivity contribution < 1.29 is 19.4 Å². The molecule has 5 nitrogen and oxygen atoms in total. The summed E-state index contributed by atoms with van der Waals surface area (Å²) in [6.07, 6.45) is 6.31. The van der Waals surface area contributed by atoms with Crippen molar-refractivity contribution in [3.05, 3.63) is 74.8 Å². The number of esters is 1. The number of hydrogen-bond donors (Lipinski definition) is 1. The van der Waals surface area contributed by atoms with Crippen LogP contribution in [-0.4, -0.2) is 54.4 Å². The Hall–Kier alpha value is -1.89. The number of aliphatic hydroxyl groups is 1. The quantitative estimate of drug-likeness (QED) is 0.257. The van der Waals surface area contributed by atoms with Gasteiger partial charge in [-0.15, -0.1) is 0 Å². The Morgan fingerprint density at radius 1 is 1.22 bits per heavy atom. The van der Waals surface area contributed by atoms with Crippen molar-refractivity contribution >= 4 is 35.2 Å². The molecule has 0 radical (unpaired) electrons. The molecule has 1 aliphatic rings. The van der Waals surface area contributed by atoms with Crippen LogP contribution in [0.2, 0.25) is 10.0 Å². The molecule has 0 spiro atoms. The summed E-state index contributed by atoms with van der Waals surface area (Å²) in [5.74, 6) is -0.405. The first-order valence-corrected chi connectivity index (χ1v) is 13.5. The number of aryl methyl sites for hydroxylation is 1. The molecule has 0 bridgehead atoms. The van der Waals surface area contributed by atoms with Crippen molar-refractivity contribution in [3.8, 4) is 0 Å². The van der Waals surface area contributed by atoms with E-state index < -0.39 is 12.1 Å². The van der Waals surface area contributed by atoms with Crippen molar-refractivity contribution in [1.82, 2.24) is 4.90 Å². The topological polar surface area (TPSA) is 59.0 Å². The van der Waals surface area contributed by atoms with E-state index >= 15 is 0 Å². The second-order valence-electron chi connectivity index (χ2n) is 9.26. The van der Waals surface area contributed by atoms with E-state index in [1.54, 1.807) is 25.1 Å². The average molecular weight is 535 g/mol. The number of halogens is 2. The molecule has 1 saturated heterocycles. The van der Waals surface area contributed by atoms with Crippen LogP contribution in [0.25, 0.3) is 6.08 Å². The van der Waals surface area contributed by atoms with Gasteiger partial charge in [0.25, 0.3) is 0 Å². The summed E-state index contributed by atoms with van der Waals surface area (Å²) < 4.78 is 11.0. The van der Waals surface area contributed by atoms with Crippen molar-refractivity contribution in [2.24, 2.45) is 0 Å². The van der Waals surface area contributed by atoms with Crippen molar-refractivity contribution in [2.75, 3.05) is 26.3 Å². The van der Waals surface area contributed by atoms with Crippen LogP contribution in [-0.2, 0) is 27.1 Å². The summed E-state index contributed by atoms with van der Waals surface area (Å²) in [6.45, 7) is 7.90. The first kappa shape index (κ1) is 28.7. The summed E-state index contributed by atoms with van der Waals surface area (Å²) in [4.78, 5) is 14.1. The van der Waals surface area contributed by atoms with Crippen LogP contribution in [0.4, 0.5) is 0 Å². The van der Waals surface area contributed by atoms with Gasteiger partial charge in [0.15, 0.2) is 0 Å². The average Bonchev–Trinajstić information content (AvgIpc) is 3.28. The predicted molar refractivity (Wildman–Crippen MR) is 147 cm³/mol. The molecule has 0 amide bonds. The van der Waals surface area contributed by atoms with E-state index in [1.807, 2.05) is 19.1 Å². The third-order valence-corrected chi connectivity index (χ3v) is 7.22. The SMILES string of the molecule is CCOC(=O)/C=C/c1cc(Cl)ccc1[C@@H](C)OC[C@H](O)CN1CCC[C@H]1Cc1ccc(Cl)c(CC)c1. The minimum atomic E-state index is -0.602. The van der Waals surface area contributed by atoms with Gasteiger partial charge in [-0.25, -0.2) is 4.79 Å². The molecule has 2 aromatic rings. The maximum absolute atomic E-state index is 11.7. The second kappa shape index (κ2) is 14.2. The molecule has 1 N–H and O–H groups in total.